The zero-order valence-corrected chi connectivity index (χ0v) is 23.2. The molecule has 0 aliphatic heterocycles. The van der Waals surface area contributed by atoms with Crippen molar-refractivity contribution in [3.63, 3.8) is 0 Å². The number of benzene rings is 1. The van der Waals surface area contributed by atoms with E-state index in [1.54, 1.807) is 24.3 Å². The molecule has 13 heteroatoms. The van der Waals surface area contributed by atoms with E-state index in [0.717, 1.165) is 0 Å². The number of nitrogens with one attached hydrogen (secondary N) is 5. The van der Waals surface area contributed by atoms with Crippen LogP contribution in [-0.2, 0) is 25.8 Å². The van der Waals surface area contributed by atoms with E-state index in [1.807, 2.05) is 0 Å². The number of hydrogen-bond acceptors (Lipinski definition) is 7. The van der Waals surface area contributed by atoms with Crippen molar-refractivity contribution in [3.8, 4) is 0 Å². The van der Waals surface area contributed by atoms with E-state index in [-0.39, 0.29) is 25.5 Å². The molecule has 220 valence electrons. The Bertz CT molecular complexity index is 895. The molecule has 10 N–H and O–H groups in total. The molecule has 0 heterocycles. The van der Waals surface area contributed by atoms with Crippen LogP contribution in [0.25, 0.3) is 0 Å². The van der Waals surface area contributed by atoms with Gasteiger partial charge in [0.2, 0.25) is 23.6 Å². The van der Waals surface area contributed by atoms with E-state index >= 15 is 0 Å². The zero-order chi connectivity index (χ0) is 29.6. The Kier molecular flexibility index (Phi) is 19.2. The molecule has 0 aliphatic rings. The molecular weight excluding hydrogens is 506 g/mol. The predicted molar refractivity (Wildman–Crippen MR) is 149 cm³/mol. The molecule has 13 nitrogen and oxygen atoms in total. The summed E-state index contributed by atoms with van der Waals surface area (Å²) < 4.78 is 0. The van der Waals surface area contributed by atoms with Crippen LogP contribution >= 0.6 is 0 Å². The number of amides is 6. The van der Waals surface area contributed by atoms with E-state index in [1.165, 1.54) is 13.3 Å². The first-order chi connectivity index (χ1) is 18.6. The molecule has 0 saturated heterocycles. The van der Waals surface area contributed by atoms with Crippen LogP contribution in [0.2, 0.25) is 0 Å². The van der Waals surface area contributed by atoms with Gasteiger partial charge in [0.05, 0.1) is 13.2 Å². The molecule has 1 aromatic rings. The van der Waals surface area contributed by atoms with Crippen LogP contribution in [0.15, 0.2) is 24.3 Å². The molecule has 2 unspecified atom stereocenters. The molecule has 6 amide bonds. The Morgan fingerprint density at radius 2 is 1.46 bits per heavy atom. The fourth-order valence-corrected chi connectivity index (χ4v) is 3.25. The summed E-state index contributed by atoms with van der Waals surface area (Å²) in [6.45, 7) is 5.67. The first kappa shape index (κ1) is 35.3. The minimum absolute atomic E-state index is 0.138. The lowest BCUT2D eigenvalue weighted by molar-refractivity contribution is -0.130. The number of urea groups is 1. The molecule has 1 aromatic carbocycles. The largest absolute Gasteiger partial charge is 0.392 e. The van der Waals surface area contributed by atoms with Crippen molar-refractivity contribution in [2.24, 2.45) is 11.5 Å². The highest BCUT2D eigenvalue weighted by Crippen LogP contribution is 2.11. The number of nitrogens with two attached hydrogens (primary N) is 2. The summed E-state index contributed by atoms with van der Waals surface area (Å²) in [6, 6.07) is 4.06. The van der Waals surface area contributed by atoms with Crippen LogP contribution in [0, 0.1) is 0 Å². The van der Waals surface area contributed by atoms with Crippen molar-refractivity contribution in [1.29, 1.82) is 0 Å². The number of rotatable bonds is 16. The predicted octanol–water partition coefficient (Wildman–Crippen LogP) is 0.217. The molecule has 2 atom stereocenters. The summed E-state index contributed by atoms with van der Waals surface area (Å²) in [5, 5.41) is 21.9. The van der Waals surface area contributed by atoms with Gasteiger partial charge in [-0.1, -0.05) is 32.4 Å². The Hall–Kier alpha value is -3.71. The lowest BCUT2D eigenvalue weighted by Gasteiger charge is -2.20. The summed E-state index contributed by atoms with van der Waals surface area (Å²) in [6.07, 6.45) is 3.48. The van der Waals surface area contributed by atoms with Crippen LogP contribution in [-0.4, -0.2) is 66.5 Å². The zero-order valence-electron chi connectivity index (χ0n) is 23.2. The van der Waals surface area contributed by atoms with E-state index in [2.05, 4.69) is 40.4 Å². The third-order valence-corrected chi connectivity index (χ3v) is 5.09. The summed E-state index contributed by atoms with van der Waals surface area (Å²) in [4.78, 5) is 60.1. The molecule has 0 aromatic heterocycles. The first-order valence-corrected chi connectivity index (χ1v) is 13.2. The lowest BCUT2D eigenvalue weighted by Crippen LogP contribution is -2.51. The average molecular weight is 552 g/mol. The molecule has 0 fully saturated rings. The van der Waals surface area contributed by atoms with Gasteiger partial charge >= 0.3 is 6.03 Å². The normalized spacial score (nSPS) is 11.6. The Labute approximate surface area is 230 Å². The van der Waals surface area contributed by atoms with Gasteiger partial charge in [0.25, 0.3) is 0 Å². The van der Waals surface area contributed by atoms with Gasteiger partial charge in [-0.3, -0.25) is 19.2 Å². The maximum absolute atomic E-state index is 12.8. The van der Waals surface area contributed by atoms with Gasteiger partial charge in [-0.25, -0.2) is 4.79 Å². The fraction of sp³-hybridized carbons (Fsp3) is 0.577. The summed E-state index contributed by atoms with van der Waals surface area (Å²) in [5.74, 6) is -2.00. The second-order valence-electron chi connectivity index (χ2n) is 8.86. The minimum atomic E-state index is -0.961. The van der Waals surface area contributed by atoms with Gasteiger partial charge in [-0.05, 0) is 56.3 Å². The molecule has 0 spiro atoms. The Morgan fingerprint density at radius 3 is 2.00 bits per heavy atom. The quantitative estimate of drug-likeness (QED) is 0.133. The van der Waals surface area contributed by atoms with Crippen molar-refractivity contribution in [1.82, 2.24) is 21.3 Å². The third-order valence-electron chi connectivity index (χ3n) is 5.09. The van der Waals surface area contributed by atoms with Crippen molar-refractivity contribution in [2.75, 3.05) is 25.0 Å². The summed E-state index contributed by atoms with van der Waals surface area (Å²) >= 11 is 0. The van der Waals surface area contributed by atoms with Crippen LogP contribution < -0.4 is 38.1 Å². The van der Waals surface area contributed by atoms with Crippen molar-refractivity contribution in [2.45, 2.75) is 78.0 Å². The second-order valence-corrected chi connectivity index (χ2v) is 8.86. The SMILES string of the molecule is CC(=O)NC(CCCCN)C(=O)NCC(=O)NC(CCCNC(N)=O)C(=O)Nc1ccc(CO)cc1.CCC. The second kappa shape index (κ2) is 21.2. The van der Waals surface area contributed by atoms with Gasteiger partial charge in [0.1, 0.15) is 12.1 Å². The van der Waals surface area contributed by atoms with Crippen molar-refractivity contribution >= 4 is 35.3 Å². The van der Waals surface area contributed by atoms with E-state index in [9.17, 15) is 24.0 Å². The first-order valence-electron chi connectivity index (χ1n) is 13.2. The van der Waals surface area contributed by atoms with Crippen LogP contribution in [0.5, 0.6) is 0 Å². The lowest BCUT2D eigenvalue weighted by atomic mass is 10.1. The minimum Gasteiger partial charge on any atom is -0.392 e. The van der Waals surface area contributed by atoms with Gasteiger partial charge < -0.3 is 43.2 Å². The van der Waals surface area contributed by atoms with Gasteiger partial charge in [-0.2, -0.15) is 0 Å². The van der Waals surface area contributed by atoms with Crippen molar-refractivity contribution < 1.29 is 29.1 Å². The van der Waals surface area contributed by atoms with Crippen LogP contribution in [0.1, 0.15) is 64.9 Å². The number of carbonyl (C=O) groups excluding carboxylic acids is 5. The summed E-state index contributed by atoms with van der Waals surface area (Å²) in [5.41, 5.74) is 11.7. The standard InChI is InChI=1S/C23H37N7O6.C3H8/c1-15(32)28-18(5-2-3-11-24)21(34)27-13-20(33)30-19(6-4-12-26-23(25)36)22(35)29-17-9-7-16(14-31)8-10-17;1-3-2/h7-10,18-19,31H,2-6,11-14,24H2,1H3,(H,27,34)(H,28,32)(H,29,35)(H,30,33)(H3,25,26,36);3H2,1-2H3. The van der Waals surface area contributed by atoms with E-state index in [0.29, 0.717) is 43.5 Å². The highest BCUT2D eigenvalue weighted by atomic mass is 16.3. The van der Waals surface area contributed by atoms with Crippen LogP contribution in [0.4, 0.5) is 10.5 Å². The van der Waals surface area contributed by atoms with Gasteiger partial charge in [0, 0.05) is 19.2 Å². The third kappa shape index (κ3) is 17.4. The maximum Gasteiger partial charge on any atom is 0.312 e. The molecule has 0 radical (unpaired) electrons. The molecule has 0 aliphatic carbocycles. The average Bonchev–Trinajstić information content (AvgIpc) is 2.89. The number of unbranched alkanes of at least 4 members (excludes halogenated alkanes) is 1. The number of aliphatic hydroxyl groups excluding tert-OH is 1. The molecule has 39 heavy (non-hydrogen) atoms. The number of aliphatic hydroxyl groups is 1. The Morgan fingerprint density at radius 1 is 0.872 bits per heavy atom. The van der Waals surface area contributed by atoms with Gasteiger partial charge in [-0.15, -0.1) is 0 Å². The number of anilines is 1. The monoisotopic (exact) mass is 551 g/mol. The summed E-state index contributed by atoms with van der Waals surface area (Å²) in [7, 11) is 0. The molecule has 0 bridgehead atoms. The number of carbonyl (C=O) groups is 5. The highest BCUT2D eigenvalue weighted by molar-refractivity contribution is 5.98. The topological polar surface area (TPSA) is 218 Å². The fourth-order valence-electron chi connectivity index (χ4n) is 3.25. The number of hydrogen-bond donors (Lipinski definition) is 8. The smallest absolute Gasteiger partial charge is 0.312 e. The van der Waals surface area contributed by atoms with E-state index in [4.69, 9.17) is 16.6 Å². The molecular formula is C26H45N7O6. The van der Waals surface area contributed by atoms with E-state index < -0.39 is 42.4 Å². The molecule has 0 saturated carbocycles. The van der Waals surface area contributed by atoms with Gasteiger partial charge in [0.15, 0.2) is 0 Å². The highest BCUT2D eigenvalue weighted by Gasteiger charge is 2.23. The van der Waals surface area contributed by atoms with Crippen molar-refractivity contribution in [3.05, 3.63) is 29.8 Å². The maximum atomic E-state index is 12.8. The van der Waals surface area contributed by atoms with Crippen LogP contribution in [0.3, 0.4) is 0 Å². The molecule has 1 rings (SSSR count). The Balaban J connectivity index is 0.00000458. The number of primary amides is 1.